The zero-order chi connectivity index (χ0) is 7.56. The third kappa shape index (κ3) is 3.93. The molecule has 0 atom stereocenters. The summed E-state index contributed by atoms with van der Waals surface area (Å²) in [6.07, 6.45) is 0. The Balaban J connectivity index is 0. The van der Waals surface area contributed by atoms with Gasteiger partial charge in [0.25, 0.3) is 0 Å². The molecule has 0 aromatic heterocycles. The molecule has 0 N–H and O–H groups in total. The predicted molar refractivity (Wildman–Crippen MR) is 42.6 cm³/mol. The van der Waals surface area contributed by atoms with Gasteiger partial charge in [0, 0.05) is 11.6 Å². The smallest absolute Gasteiger partial charge is 1.00 e. The van der Waals surface area contributed by atoms with E-state index in [1.54, 1.807) is 0 Å². The number of benzene rings is 1. The van der Waals surface area contributed by atoms with E-state index >= 15 is 0 Å². The molecular weight excluding hydrogens is 259 g/mol. The molecule has 0 fully saturated rings. The van der Waals surface area contributed by atoms with Crippen molar-refractivity contribution in [2.75, 3.05) is 7.11 Å². The first-order chi connectivity index (χ1) is 4.74. The van der Waals surface area contributed by atoms with Gasteiger partial charge < -0.3 is 21.7 Å². The van der Waals surface area contributed by atoms with Gasteiger partial charge in [-0.05, 0) is 5.02 Å². The first kappa shape index (κ1) is 15.0. The Kier molecular flexibility index (Phi) is 8.67. The van der Waals surface area contributed by atoms with Gasteiger partial charge in [-0.1, -0.05) is 0 Å². The first-order valence-corrected chi connectivity index (χ1v) is 3.02. The van der Waals surface area contributed by atoms with Crippen molar-refractivity contribution in [2.24, 2.45) is 0 Å². The summed E-state index contributed by atoms with van der Waals surface area (Å²) in [5, 5.41) is 0.263. The van der Waals surface area contributed by atoms with Crippen LogP contribution in [0.15, 0.2) is 12.1 Å². The molecule has 1 nitrogen and oxygen atoms in total. The Labute approximate surface area is 102 Å². The van der Waals surface area contributed by atoms with E-state index in [4.69, 9.17) is 16.3 Å². The first-order valence-electron chi connectivity index (χ1n) is 2.65. The largest absolute Gasteiger partial charge is 2.00 e. The van der Waals surface area contributed by atoms with Crippen LogP contribution < -0.4 is 21.7 Å². The number of halogens is 3. The van der Waals surface area contributed by atoms with Gasteiger partial charge in [0.2, 0.25) is 0 Å². The monoisotopic (exact) mass is 262 g/mol. The zero-order valence-electron chi connectivity index (χ0n) is 6.40. The molecule has 5 heteroatoms. The summed E-state index contributed by atoms with van der Waals surface area (Å²) in [6.45, 7) is 0. The van der Waals surface area contributed by atoms with E-state index in [1.807, 2.05) is 0 Å². The van der Waals surface area contributed by atoms with E-state index in [2.05, 4.69) is 6.07 Å². The molecule has 0 aliphatic rings. The van der Waals surface area contributed by atoms with Crippen LogP contribution in [-0.2, 0) is 0 Å². The van der Waals surface area contributed by atoms with E-state index in [1.165, 1.54) is 13.2 Å². The van der Waals surface area contributed by atoms with Crippen LogP contribution in [-0.4, -0.2) is 30.2 Å². The quantitative estimate of drug-likeness (QED) is 0.462. The maximum Gasteiger partial charge on any atom is 2.00 e. The summed E-state index contributed by atoms with van der Waals surface area (Å²) >= 11 is 5.54. The van der Waals surface area contributed by atoms with E-state index in [0.717, 1.165) is 6.07 Å². The summed E-state index contributed by atoms with van der Waals surface area (Å²) in [4.78, 5) is 0. The van der Waals surface area contributed by atoms with Gasteiger partial charge in [-0.2, -0.15) is 0 Å². The van der Waals surface area contributed by atoms with Crippen molar-refractivity contribution in [3.63, 3.8) is 0 Å². The van der Waals surface area contributed by atoms with Crippen LogP contribution in [0.1, 0.15) is 0 Å². The maximum atomic E-state index is 12.3. The van der Waals surface area contributed by atoms with Crippen molar-refractivity contribution in [3.8, 4) is 5.75 Å². The third-order valence-electron chi connectivity index (χ3n) is 1.05. The molecule has 0 radical (unpaired) electrons. The van der Waals surface area contributed by atoms with Crippen LogP contribution >= 0.6 is 11.6 Å². The summed E-state index contributed by atoms with van der Waals surface area (Å²) in [7, 11) is 1.47. The minimum atomic E-state index is -0.481. The molecule has 1 aromatic carbocycles. The van der Waals surface area contributed by atoms with Crippen LogP contribution in [0.2, 0.25) is 5.02 Å². The minimum absolute atomic E-state index is 0. The second-order valence-electron chi connectivity index (χ2n) is 1.70. The molecule has 0 saturated carbocycles. The van der Waals surface area contributed by atoms with Crippen LogP contribution in [0.3, 0.4) is 0 Å². The van der Waals surface area contributed by atoms with Crippen molar-refractivity contribution in [1.82, 2.24) is 0 Å². The van der Waals surface area contributed by atoms with Crippen LogP contribution in [0.25, 0.3) is 0 Å². The van der Waals surface area contributed by atoms with Crippen molar-refractivity contribution >= 4 is 34.7 Å². The van der Waals surface area contributed by atoms with Gasteiger partial charge in [0.15, 0.2) is 0 Å². The standard InChI is InChI=1S/C7H5ClFO.BrH.Mg/c1-10-7-3-2-5(9)4-6(7)8;;/h3-4H,1H3;1H;/q-1;;+2/p-1. The van der Waals surface area contributed by atoms with Gasteiger partial charge in [0.1, 0.15) is 0 Å². The van der Waals surface area contributed by atoms with Crippen molar-refractivity contribution in [3.05, 3.63) is 29.0 Å². The molecule has 12 heavy (non-hydrogen) atoms. The Bertz CT molecular complexity index is 247. The van der Waals surface area contributed by atoms with E-state index < -0.39 is 5.82 Å². The van der Waals surface area contributed by atoms with Crippen LogP contribution in [0.4, 0.5) is 4.39 Å². The number of hydrogen-bond acceptors (Lipinski definition) is 1. The molecule has 1 rings (SSSR count). The summed E-state index contributed by atoms with van der Waals surface area (Å²) in [5.41, 5.74) is 0. The Morgan fingerprint density at radius 1 is 1.58 bits per heavy atom. The predicted octanol–water partition coefficient (Wildman–Crippen LogP) is -1.09. The molecule has 0 heterocycles. The van der Waals surface area contributed by atoms with Crippen molar-refractivity contribution in [1.29, 1.82) is 0 Å². The molecule has 0 amide bonds. The van der Waals surface area contributed by atoms with Gasteiger partial charge in [-0.3, -0.25) is 0 Å². The fourth-order valence-corrected chi connectivity index (χ4v) is 0.811. The van der Waals surface area contributed by atoms with E-state index in [-0.39, 0.29) is 45.1 Å². The van der Waals surface area contributed by atoms with E-state index in [9.17, 15) is 4.39 Å². The SMILES string of the molecule is COc1c[c-]c(F)cc1Cl.[Br-].[Mg+2]. The molecular formula is C7H5BrClFMgO. The maximum absolute atomic E-state index is 12.3. The second kappa shape index (κ2) is 6.94. The summed E-state index contributed by atoms with van der Waals surface area (Å²) in [6, 6.07) is 4.83. The Morgan fingerprint density at radius 2 is 2.17 bits per heavy atom. The topological polar surface area (TPSA) is 9.23 Å². The summed E-state index contributed by atoms with van der Waals surface area (Å²) in [5.74, 6) is -0.0473. The van der Waals surface area contributed by atoms with Gasteiger partial charge >= 0.3 is 23.1 Å². The average molecular weight is 264 g/mol. The van der Waals surface area contributed by atoms with Crippen molar-refractivity contribution in [2.45, 2.75) is 0 Å². The summed E-state index contributed by atoms with van der Waals surface area (Å²) < 4.78 is 17.1. The number of ether oxygens (including phenoxy) is 1. The number of rotatable bonds is 1. The molecule has 0 saturated heterocycles. The minimum Gasteiger partial charge on any atom is -1.00 e. The fourth-order valence-electron chi connectivity index (χ4n) is 0.584. The molecule has 62 valence electrons. The normalized spacial score (nSPS) is 7.92. The Hall–Kier alpha value is 0.486. The second-order valence-corrected chi connectivity index (χ2v) is 2.10. The third-order valence-corrected chi connectivity index (χ3v) is 1.35. The Morgan fingerprint density at radius 3 is 2.58 bits per heavy atom. The number of hydrogen-bond donors (Lipinski definition) is 0. The van der Waals surface area contributed by atoms with Crippen LogP contribution in [0.5, 0.6) is 5.75 Å². The fraction of sp³-hybridized carbons (Fsp3) is 0.143. The van der Waals surface area contributed by atoms with Gasteiger partial charge in [0.05, 0.1) is 7.11 Å². The van der Waals surface area contributed by atoms with Crippen LogP contribution in [0, 0.1) is 11.9 Å². The van der Waals surface area contributed by atoms with E-state index in [0.29, 0.717) is 5.75 Å². The average Bonchev–Trinajstić information content (AvgIpc) is 1.88. The van der Waals surface area contributed by atoms with Gasteiger partial charge in [-0.25, -0.2) is 4.39 Å². The molecule has 0 aliphatic carbocycles. The molecule has 0 unspecified atom stereocenters. The molecule has 0 spiro atoms. The zero-order valence-corrected chi connectivity index (χ0v) is 10.2. The molecule has 0 bridgehead atoms. The number of methoxy groups -OCH3 is 1. The van der Waals surface area contributed by atoms with Gasteiger partial charge in [-0.15, -0.1) is 29.8 Å². The van der Waals surface area contributed by atoms with Crippen molar-refractivity contribution < 1.29 is 26.1 Å². The molecule has 0 aliphatic heterocycles. The molecule has 1 aromatic rings.